The summed E-state index contributed by atoms with van der Waals surface area (Å²) < 4.78 is 32.6. The fourth-order valence-electron chi connectivity index (χ4n) is 2.78. The molecule has 0 aliphatic carbocycles. The molecule has 0 saturated carbocycles. The number of rotatable bonds is 7. The Balaban J connectivity index is 1.82. The predicted molar refractivity (Wildman–Crippen MR) is 113 cm³/mol. The number of anilines is 1. The van der Waals surface area contributed by atoms with E-state index in [1.165, 1.54) is 31.3 Å². The van der Waals surface area contributed by atoms with Gasteiger partial charge >= 0.3 is 5.97 Å². The molecule has 1 amide bonds. The van der Waals surface area contributed by atoms with Crippen LogP contribution in [0.1, 0.15) is 26.3 Å². The second-order valence-electron chi connectivity index (χ2n) is 6.44. The summed E-state index contributed by atoms with van der Waals surface area (Å²) >= 11 is 0. The van der Waals surface area contributed by atoms with Crippen molar-refractivity contribution in [3.63, 3.8) is 0 Å². The largest absolute Gasteiger partial charge is 0.457 e. The molecule has 3 aromatic rings. The quantitative estimate of drug-likeness (QED) is 0.587. The van der Waals surface area contributed by atoms with Gasteiger partial charge < -0.3 is 10.5 Å². The molecule has 0 radical (unpaired) electrons. The number of primary amides is 1. The Morgan fingerprint density at radius 3 is 2.13 bits per heavy atom. The van der Waals surface area contributed by atoms with Crippen LogP contribution in [0.5, 0.6) is 0 Å². The number of hydrogen-bond donors (Lipinski definition) is 1. The van der Waals surface area contributed by atoms with Crippen LogP contribution < -0.4 is 10.0 Å². The molecule has 30 heavy (non-hydrogen) atoms. The highest BCUT2D eigenvalue weighted by molar-refractivity contribution is 7.92. The molecule has 0 heterocycles. The Hall–Kier alpha value is -3.65. The third kappa shape index (κ3) is 4.49. The number of esters is 1. The first-order valence-corrected chi connectivity index (χ1v) is 10.4. The van der Waals surface area contributed by atoms with Gasteiger partial charge in [0.25, 0.3) is 10.0 Å². The Kier molecular flexibility index (Phi) is 6.17. The molecular weight excluding hydrogens is 404 g/mol. The number of carbonyl (C=O) groups excluding carboxylic acids is 2. The fourth-order valence-corrected chi connectivity index (χ4v) is 4.15. The average molecular weight is 424 g/mol. The van der Waals surface area contributed by atoms with Crippen LogP contribution in [0.25, 0.3) is 0 Å². The second-order valence-corrected chi connectivity index (χ2v) is 8.38. The van der Waals surface area contributed by atoms with Crippen LogP contribution in [0.4, 0.5) is 5.69 Å². The van der Waals surface area contributed by atoms with E-state index in [0.717, 1.165) is 4.31 Å². The molecule has 3 rings (SSSR count). The van der Waals surface area contributed by atoms with E-state index in [1.807, 2.05) is 0 Å². The van der Waals surface area contributed by atoms with E-state index in [-0.39, 0.29) is 17.1 Å². The second kappa shape index (κ2) is 8.79. The average Bonchev–Trinajstić information content (AvgIpc) is 2.77. The first-order chi connectivity index (χ1) is 14.3. The van der Waals surface area contributed by atoms with Crippen molar-refractivity contribution in [1.29, 1.82) is 0 Å². The Morgan fingerprint density at radius 2 is 1.50 bits per heavy atom. The molecule has 0 aliphatic rings. The van der Waals surface area contributed by atoms with Gasteiger partial charge in [-0.15, -0.1) is 0 Å². The third-order valence-corrected chi connectivity index (χ3v) is 6.32. The molecule has 7 nitrogen and oxygen atoms in total. The van der Waals surface area contributed by atoms with Crippen molar-refractivity contribution >= 4 is 27.6 Å². The van der Waals surface area contributed by atoms with Gasteiger partial charge in [-0.25, -0.2) is 13.2 Å². The lowest BCUT2D eigenvalue weighted by Gasteiger charge is -2.20. The lowest BCUT2D eigenvalue weighted by molar-refractivity contribution is 0.0468. The van der Waals surface area contributed by atoms with Gasteiger partial charge in [-0.3, -0.25) is 9.10 Å². The van der Waals surface area contributed by atoms with E-state index in [0.29, 0.717) is 16.8 Å². The molecule has 8 heteroatoms. The normalized spacial score (nSPS) is 11.0. The van der Waals surface area contributed by atoms with Gasteiger partial charge in [0.2, 0.25) is 5.91 Å². The molecule has 0 fully saturated rings. The summed E-state index contributed by atoms with van der Waals surface area (Å²) in [5, 5.41) is 0. The number of carbonyl (C=O) groups is 2. The summed E-state index contributed by atoms with van der Waals surface area (Å²) in [5.41, 5.74) is 6.58. The van der Waals surface area contributed by atoms with Crippen LogP contribution in [0, 0.1) is 0 Å². The van der Waals surface area contributed by atoms with E-state index < -0.39 is 21.9 Å². The van der Waals surface area contributed by atoms with Crippen LogP contribution in [0.2, 0.25) is 0 Å². The van der Waals surface area contributed by atoms with Crippen molar-refractivity contribution in [1.82, 2.24) is 0 Å². The number of amides is 1. The molecule has 2 N–H and O–H groups in total. The first-order valence-electron chi connectivity index (χ1n) is 8.99. The minimum absolute atomic E-state index is 0.0611. The van der Waals surface area contributed by atoms with E-state index in [4.69, 9.17) is 10.5 Å². The van der Waals surface area contributed by atoms with Gasteiger partial charge in [0.05, 0.1) is 11.3 Å². The Labute approximate surface area is 174 Å². The molecular formula is C22H20N2O5S. The maximum Gasteiger partial charge on any atom is 0.339 e. The van der Waals surface area contributed by atoms with Crippen molar-refractivity contribution in [3.8, 4) is 0 Å². The summed E-state index contributed by atoms with van der Waals surface area (Å²) in [6, 6.07) is 20.7. The molecule has 0 atom stereocenters. The molecule has 0 saturated heterocycles. The summed E-state index contributed by atoms with van der Waals surface area (Å²) in [7, 11) is -2.56. The van der Waals surface area contributed by atoms with Crippen LogP contribution in [-0.2, 0) is 21.4 Å². The summed E-state index contributed by atoms with van der Waals surface area (Å²) in [4.78, 5) is 23.6. The zero-order valence-electron chi connectivity index (χ0n) is 16.2. The van der Waals surface area contributed by atoms with Crippen molar-refractivity contribution < 1.29 is 22.7 Å². The zero-order chi connectivity index (χ0) is 21.7. The number of nitrogens with zero attached hydrogens (tertiary/aromatic N) is 1. The molecule has 0 bridgehead atoms. The predicted octanol–water partition coefficient (Wildman–Crippen LogP) is 2.97. The lowest BCUT2D eigenvalue weighted by atomic mass is 10.1. The number of hydrogen-bond acceptors (Lipinski definition) is 5. The number of para-hydroxylation sites is 1. The van der Waals surface area contributed by atoms with Gasteiger partial charge in [-0.2, -0.15) is 0 Å². The monoisotopic (exact) mass is 424 g/mol. The fraction of sp³-hybridized carbons (Fsp3) is 0.0909. The molecule has 0 aromatic heterocycles. The zero-order valence-corrected chi connectivity index (χ0v) is 17.0. The van der Waals surface area contributed by atoms with Gasteiger partial charge in [0.15, 0.2) is 0 Å². The van der Waals surface area contributed by atoms with E-state index >= 15 is 0 Å². The lowest BCUT2D eigenvalue weighted by Crippen LogP contribution is -2.28. The number of sulfonamides is 1. The topological polar surface area (TPSA) is 107 Å². The molecule has 154 valence electrons. The molecule has 3 aromatic carbocycles. The van der Waals surface area contributed by atoms with Crippen LogP contribution in [0.3, 0.4) is 0 Å². The minimum Gasteiger partial charge on any atom is -0.457 e. The Morgan fingerprint density at radius 1 is 0.900 bits per heavy atom. The van der Waals surface area contributed by atoms with Crippen LogP contribution in [-0.4, -0.2) is 27.3 Å². The molecule has 0 unspecified atom stereocenters. The van der Waals surface area contributed by atoms with Gasteiger partial charge in [0.1, 0.15) is 11.5 Å². The molecule has 0 aliphatic heterocycles. The van der Waals surface area contributed by atoms with Gasteiger partial charge in [0, 0.05) is 12.6 Å². The third-order valence-electron chi connectivity index (χ3n) is 4.47. The maximum atomic E-state index is 13.1. The maximum absolute atomic E-state index is 13.1. The standard InChI is InChI=1S/C22H20N2O5S/c1-24(18-7-3-2-4-8-18)30(27,28)20-10-6-5-9-19(20)22(26)29-15-16-11-13-17(14-12-16)21(23)25/h2-14H,15H2,1H3,(H2,23,25). The van der Waals surface area contributed by atoms with E-state index in [2.05, 4.69) is 0 Å². The first kappa shape index (κ1) is 21.1. The van der Waals surface area contributed by atoms with Gasteiger partial charge in [-0.1, -0.05) is 42.5 Å². The summed E-state index contributed by atoms with van der Waals surface area (Å²) in [5.74, 6) is -1.32. The number of ether oxygens (including phenoxy) is 1. The van der Waals surface area contributed by atoms with Crippen molar-refractivity contribution in [3.05, 3.63) is 95.6 Å². The SMILES string of the molecule is CN(c1ccccc1)S(=O)(=O)c1ccccc1C(=O)OCc1ccc(C(N)=O)cc1. The van der Waals surface area contributed by atoms with Crippen molar-refractivity contribution in [2.24, 2.45) is 5.73 Å². The van der Waals surface area contributed by atoms with Crippen LogP contribution in [0.15, 0.2) is 83.8 Å². The van der Waals surface area contributed by atoms with E-state index in [1.54, 1.807) is 54.6 Å². The van der Waals surface area contributed by atoms with E-state index in [9.17, 15) is 18.0 Å². The van der Waals surface area contributed by atoms with Crippen LogP contribution >= 0.6 is 0 Å². The Bertz CT molecular complexity index is 1160. The summed E-state index contributed by atoms with van der Waals surface area (Å²) in [6.45, 7) is -0.0826. The number of nitrogens with two attached hydrogens (primary N) is 1. The summed E-state index contributed by atoms with van der Waals surface area (Å²) in [6.07, 6.45) is 0. The minimum atomic E-state index is -3.98. The highest BCUT2D eigenvalue weighted by atomic mass is 32.2. The van der Waals surface area contributed by atoms with Gasteiger partial charge in [-0.05, 0) is 42.0 Å². The highest BCUT2D eigenvalue weighted by Crippen LogP contribution is 2.25. The van der Waals surface area contributed by atoms with Crippen molar-refractivity contribution in [2.75, 3.05) is 11.4 Å². The van der Waals surface area contributed by atoms with Crippen molar-refractivity contribution in [2.45, 2.75) is 11.5 Å². The molecule has 0 spiro atoms. The highest BCUT2D eigenvalue weighted by Gasteiger charge is 2.27. The smallest absolute Gasteiger partial charge is 0.339 e. The number of benzene rings is 3.